The van der Waals surface area contributed by atoms with Crippen LogP contribution in [0.15, 0.2) is 18.5 Å². The average molecular weight is 265 g/mol. The number of aromatic nitrogens is 2. The quantitative estimate of drug-likeness (QED) is 0.791. The Morgan fingerprint density at radius 2 is 2.32 bits per heavy atom. The summed E-state index contributed by atoms with van der Waals surface area (Å²) in [5, 5.41) is 4.26. The molecule has 1 aliphatic rings. The monoisotopic (exact) mass is 265 g/mol. The highest BCUT2D eigenvalue weighted by Crippen LogP contribution is 2.28. The summed E-state index contributed by atoms with van der Waals surface area (Å²) in [6.07, 6.45) is 6.25. The SMILES string of the molecule is CCN(CCn1cccn1)C[C@H]1CCOC(C)(C)C1. The lowest BCUT2D eigenvalue weighted by molar-refractivity contribution is -0.0767. The first-order valence-corrected chi connectivity index (χ1v) is 7.43. The summed E-state index contributed by atoms with van der Waals surface area (Å²) in [4.78, 5) is 2.54. The Hall–Kier alpha value is -0.870. The van der Waals surface area contributed by atoms with Crippen LogP contribution in [0, 0.1) is 5.92 Å². The van der Waals surface area contributed by atoms with E-state index in [-0.39, 0.29) is 5.60 Å². The molecule has 0 bridgehead atoms. The van der Waals surface area contributed by atoms with Crippen LogP contribution in [0.25, 0.3) is 0 Å². The van der Waals surface area contributed by atoms with E-state index in [2.05, 4.69) is 30.8 Å². The van der Waals surface area contributed by atoms with E-state index in [0.29, 0.717) is 0 Å². The fourth-order valence-electron chi connectivity index (χ4n) is 2.93. The molecule has 4 nitrogen and oxygen atoms in total. The van der Waals surface area contributed by atoms with Gasteiger partial charge in [0.2, 0.25) is 0 Å². The van der Waals surface area contributed by atoms with Gasteiger partial charge in [0.15, 0.2) is 0 Å². The molecule has 1 saturated heterocycles. The lowest BCUT2D eigenvalue weighted by Gasteiger charge is -2.37. The van der Waals surface area contributed by atoms with Crippen molar-refractivity contribution in [1.29, 1.82) is 0 Å². The summed E-state index contributed by atoms with van der Waals surface area (Å²) in [5.41, 5.74) is 0.0598. The molecule has 2 heterocycles. The molecule has 0 spiro atoms. The Morgan fingerprint density at radius 1 is 1.47 bits per heavy atom. The molecule has 4 heteroatoms. The molecule has 0 amide bonds. The van der Waals surface area contributed by atoms with Crippen LogP contribution in [-0.4, -0.2) is 46.5 Å². The van der Waals surface area contributed by atoms with Crippen LogP contribution in [0.4, 0.5) is 0 Å². The summed E-state index contributed by atoms with van der Waals surface area (Å²) in [7, 11) is 0. The van der Waals surface area contributed by atoms with Crippen molar-refractivity contribution in [3.63, 3.8) is 0 Å². The van der Waals surface area contributed by atoms with E-state index in [1.54, 1.807) is 0 Å². The second-order valence-corrected chi connectivity index (χ2v) is 6.13. The maximum Gasteiger partial charge on any atom is 0.0629 e. The molecule has 0 unspecified atom stereocenters. The van der Waals surface area contributed by atoms with Crippen molar-refractivity contribution >= 4 is 0 Å². The third-order valence-corrected chi connectivity index (χ3v) is 3.97. The van der Waals surface area contributed by atoms with E-state index in [0.717, 1.165) is 32.2 Å². The highest BCUT2D eigenvalue weighted by Gasteiger charge is 2.29. The third-order valence-electron chi connectivity index (χ3n) is 3.97. The molecule has 0 saturated carbocycles. The Morgan fingerprint density at radius 3 is 2.95 bits per heavy atom. The van der Waals surface area contributed by atoms with Crippen molar-refractivity contribution in [2.24, 2.45) is 5.92 Å². The highest BCUT2D eigenvalue weighted by atomic mass is 16.5. The van der Waals surface area contributed by atoms with Gasteiger partial charge in [0, 0.05) is 32.1 Å². The Kier molecular flexibility index (Phi) is 4.99. The van der Waals surface area contributed by atoms with Crippen molar-refractivity contribution in [2.45, 2.75) is 45.8 Å². The number of likely N-dealkylation sites (N-methyl/N-ethyl adjacent to an activating group) is 1. The smallest absolute Gasteiger partial charge is 0.0629 e. The van der Waals surface area contributed by atoms with Crippen LogP contribution >= 0.6 is 0 Å². The molecule has 0 aromatic carbocycles. The molecule has 1 atom stereocenters. The van der Waals surface area contributed by atoms with Gasteiger partial charge >= 0.3 is 0 Å². The van der Waals surface area contributed by atoms with E-state index in [9.17, 15) is 0 Å². The van der Waals surface area contributed by atoms with Gasteiger partial charge in [0.25, 0.3) is 0 Å². The first kappa shape index (κ1) is 14.5. The number of ether oxygens (including phenoxy) is 1. The molecule has 1 aromatic heterocycles. The van der Waals surface area contributed by atoms with E-state index >= 15 is 0 Å². The molecule has 0 radical (unpaired) electrons. The van der Waals surface area contributed by atoms with Crippen LogP contribution in [0.1, 0.15) is 33.6 Å². The number of hydrogen-bond donors (Lipinski definition) is 0. The molecule has 19 heavy (non-hydrogen) atoms. The van der Waals surface area contributed by atoms with Gasteiger partial charge in [-0.2, -0.15) is 5.10 Å². The van der Waals surface area contributed by atoms with E-state index in [1.807, 2.05) is 23.1 Å². The molecule has 1 fully saturated rings. The second-order valence-electron chi connectivity index (χ2n) is 6.13. The van der Waals surface area contributed by atoms with Crippen molar-refractivity contribution in [2.75, 3.05) is 26.2 Å². The normalized spacial score (nSPS) is 22.8. The third kappa shape index (κ3) is 4.62. The van der Waals surface area contributed by atoms with Gasteiger partial charge in [0.1, 0.15) is 0 Å². The standard InChI is InChI=1S/C15H27N3O/c1-4-17(9-10-18-8-5-7-16-18)13-14-6-11-19-15(2,3)12-14/h5,7-8,14H,4,6,9-13H2,1-3H3/t14-/m0/s1. The lowest BCUT2D eigenvalue weighted by atomic mass is 9.88. The minimum atomic E-state index is 0.0598. The molecular formula is C15H27N3O. The van der Waals surface area contributed by atoms with Crippen molar-refractivity contribution in [3.8, 4) is 0 Å². The molecular weight excluding hydrogens is 238 g/mol. The minimum absolute atomic E-state index is 0.0598. The number of hydrogen-bond acceptors (Lipinski definition) is 3. The maximum absolute atomic E-state index is 5.80. The summed E-state index contributed by atoms with van der Waals surface area (Å²) < 4.78 is 7.81. The summed E-state index contributed by atoms with van der Waals surface area (Å²) in [5.74, 6) is 0.765. The zero-order valence-electron chi connectivity index (χ0n) is 12.5. The van der Waals surface area contributed by atoms with Crippen LogP contribution < -0.4 is 0 Å². The van der Waals surface area contributed by atoms with Crippen molar-refractivity contribution in [3.05, 3.63) is 18.5 Å². The molecule has 0 N–H and O–H groups in total. The fourth-order valence-corrected chi connectivity index (χ4v) is 2.93. The average Bonchev–Trinajstić information content (AvgIpc) is 2.86. The first-order valence-electron chi connectivity index (χ1n) is 7.43. The van der Waals surface area contributed by atoms with Gasteiger partial charge in [-0.1, -0.05) is 6.92 Å². The zero-order chi connectivity index (χ0) is 13.7. The first-order chi connectivity index (χ1) is 9.09. The largest absolute Gasteiger partial charge is 0.376 e. The number of nitrogens with zero attached hydrogens (tertiary/aromatic N) is 3. The Bertz CT molecular complexity index is 361. The molecule has 108 valence electrons. The molecule has 0 aliphatic carbocycles. The maximum atomic E-state index is 5.80. The summed E-state index contributed by atoms with van der Waals surface area (Å²) in [6.45, 7) is 11.9. The zero-order valence-corrected chi connectivity index (χ0v) is 12.5. The van der Waals surface area contributed by atoms with Gasteiger partial charge in [-0.3, -0.25) is 4.68 Å². The fraction of sp³-hybridized carbons (Fsp3) is 0.800. The van der Waals surface area contributed by atoms with Gasteiger partial charge in [0.05, 0.1) is 12.1 Å². The van der Waals surface area contributed by atoms with Crippen LogP contribution in [0.5, 0.6) is 0 Å². The van der Waals surface area contributed by atoms with Gasteiger partial charge < -0.3 is 9.64 Å². The van der Waals surface area contributed by atoms with Crippen molar-refractivity contribution < 1.29 is 4.74 Å². The van der Waals surface area contributed by atoms with Crippen LogP contribution in [-0.2, 0) is 11.3 Å². The number of rotatable bonds is 6. The predicted molar refractivity (Wildman–Crippen MR) is 77.1 cm³/mol. The minimum Gasteiger partial charge on any atom is -0.376 e. The van der Waals surface area contributed by atoms with Gasteiger partial charge in [-0.25, -0.2) is 0 Å². The van der Waals surface area contributed by atoms with Crippen LogP contribution in [0.2, 0.25) is 0 Å². The van der Waals surface area contributed by atoms with Gasteiger partial charge in [-0.15, -0.1) is 0 Å². The van der Waals surface area contributed by atoms with E-state index < -0.39 is 0 Å². The van der Waals surface area contributed by atoms with Gasteiger partial charge in [-0.05, 0) is 45.2 Å². The topological polar surface area (TPSA) is 30.3 Å². The van der Waals surface area contributed by atoms with E-state index in [4.69, 9.17) is 4.74 Å². The van der Waals surface area contributed by atoms with E-state index in [1.165, 1.54) is 19.4 Å². The lowest BCUT2D eigenvalue weighted by Crippen LogP contribution is -2.40. The second kappa shape index (κ2) is 6.53. The van der Waals surface area contributed by atoms with Crippen LogP contribution in [0.3, 0.4) is 0 Å². The molecule has 2 rings (SSSR count). The molecule has 1 aromatic rings. The summed E-state index contributed by atoms with van der Waals surface area (Å²) in [6, 6.07) is 1.98. The molecule has 1 aliphatic heterocycles. The summed E-state index contributed by atoms with van der Waals surface area (Å²) >= 11 is 0. The Balaban J connectivity index is 1.78. The van der Waals surface area contributed by atoms with Crippen molar-refractivity contribution in [1.82, 2.24) is 14.7 Å². The highest BCUT2D eigenvalue weighted by molar-refractivity contribution is 4.81. The Labute approximate surface area is 116 Å². The predicted octanol–water partition coefficient (Wildman–Crippen LogP) is 2.41.